The molecule has 1 aromatic carbocycles. The lowest BCUT2D eigenvalue weighted by Gasteiger charge is -1.90. The van der Waals surface area contributed by atoms with Gasteiger partial charge in [-0.15, -0.1) is 0 Å². The highest BCUT2D eigenvalue weighted by atomic mass is 16.4. The van der Waals surface area contributed by atoms with E-state index in [9.17, 15) is 9.59 Å². The Morgan fingerprint density at radius 2 is 2.20 bits per heavy atom. The van der Waals surface area contributed by atoms with E-state index in [1.807, 2.05) is 0 Å². The average molecular weight is 204 g/mol. The van der Waals surface area contributed by atoms with Gasteiger partial charge in [-0.1, -0.05) is 0 Å². The van der Waals surface area contributed by atoms with Crippen molar-refractivity contribution < 1.29 is 19.1 Å². The van der Waals surface area contributed by atoms with E-state index in [-0.39, 0.29) is 5.76 Å². The van der Waals surface area contributed by atoms with E-state index in [4.69, 9.17) is 9.52 Å². The zero-order chi connectivity index (χ0) is 11.0. The molecule has 0 radical (unpaired) electrons. The second-order valence-electron chi connectivity index (χ2n) is 3.23. The van der Waals surface area contributed by atoms with Crippen LogP contribution in [0.4, 0.5) is 0 Å². The van der Waals surface area contributed by atoms with Gasteiger partial charge in [0.25, 0.3) is 0 Å². The summed E-state index contributed by atoms with van der Waals surface area (Å²) in [6, 6.07) is 4.80. The maximum absolute atomic E-state index is 10.8. The summed E-state index contributed by atoms with van der Waals surface area (Å²) < 4.78 is 5.14. The molecular weight excluding hydrogens is 196 g/mol. The number of carbonyl (C=O) groups excluding carboxylic acids is 1. The molecule has 76 valence electrons. The Balaban J connectivity index is 2.77. The molecule has 4 heteroatoms. The van der Waals surface area contributed by atoms with Crippen LogP contribution in [0.15, 0.2) is 22.6 Å². The molecule has 4 nitrogen and oxygen atoms in total. The van der Waals surface area contributed by atoms with Gasteiger partial charge < -0.3 is 9.52 Å². The minimum absolute atomic E-state index is 0.0759. The van der Waals surface area contributed by atoms with Gasteiger partial charge in [0.1, 0.15) is 11.9 Å². The molecule has 0 aliphatic carbocycles. The van der Waals surface area contributed by atoms with Crippen LogP contribution in [0.1, 0.15) is 26.5 Å². The smallest absolute Gasteiger partial charge is 0.372 e. The van der Waals surface area contributed by atoms with Crippen LogP contribution in [-0.4, -0.2) is 17.4 Å². The molecule has 1 heterocycles. The Hall–Kier alpha value is -2.10. The highest BCUT2D eigenvalue weighted by Crippen LogP contribution is 2.25. The lowest BCUT2D eigenvalue weighted by Crippen LogP contribution is -1.95. The topological polar surface area (TPSA) is 67.5 Å². The predicted octanol–water partition coefficient (Wildman–Crippen LogP) is 2.25. The molecule has 0 spiro atoms. The Morgan fingerprint density at radius 3 is 2.80 bits per heavy atom. The zero-order valence-corrected chi connectivity index (χ0v) is 7.98. The van der Waals surface area contributed by atoms with Crippen LogP contribution >= 0.6 is 0 Å². The van der Waals surface area contributed by atoms with Crippen LogP contribution < -0.4 is 0 Å². The third kappa shape index (κ3) is 1.40. The summed E-state index contributed by atoms with van der Waals surface area (Å²) >= 11 is 0. The summed E-state index contributed by atoms with van der Waals surface area (Å²) in [7, 11) is 0. The van der Waals surface area contributed by atoms with E-state index < -0.39 is 5.97 Å². The van der Waals surface area contributed by atoms with Gasteiger partial charge in [-0.05, 0) is 25.1 Å². The second kappa shape index (κ2) is 3.24. The summed E-state index contributed by atoms with van der Waals surface area (Å²) in [5.41, 5.74) is 1.53. The monoisotopic (exact) mass is 204 g/mol. The molecule has 2 rings (SSSR count). The number of fused-ring (bicyclic) bond motifs is 1. The summed E-state index contributed by atoms with van der Waals surface area (Å²) in [6.45, 7) is 1.66. The predicted molar refractivity (Wildman–Crippen MR) is 53.3 cm³/mol. The lowest BCUT2D eigenvalue weighted by atomic mass is 10.1. The number of hydrogen-bond donors (Lipinski definition) is 1. The van der Waals surface area contributed by atoms with Gasteiger partial charge in [0, 0.05) is 16.5 Å². The van der Waals surface area contributed by atoms with Crippen LogP contribution in [0, 0.1) is 6.92 Å². The highest BCUT2D eigenvalue weighted by molar-refractivity contribution is 5.96. The zero-order valence-electron chi connectivity index (χ0n) is 7.98. The van der Waals surface area contributed by atoms with E-state index in [0.717, 1.165) is 0 Å². The van der Waals surface area contributed by atoms with Gasteiger partial charge in [-0.2, -0.15) is 0 Å². The molecule has 0 amide bonds. The molecule has 0 unspecified atom stereocenters. The molecule has 15 heavy (non-hydrogen) atoms. The molecule has 2 aromatic rings. The van der Waals surface area contributed by atoms with E-state index in [1.54, 1.807) is 25.1 Å². The van der Waals surface area contributed by atoms with Crippen LogP contribution in [0.2, 0.25) is 0 Å². The standard InChI is InChI=1S/C11H8O4/c1-6-8-4-7(5-12)2-3-9(8)15-10(6)11(13)14/h2-5H,1H3,(H,13,14). The number of carboxylic acids is 1. The van der Waals surface area contributed by atoms with Gasteiger partial charge >= 0.3 is 5.97 Å². The number of furan rings is 1. The fourth-order valence-corrected chi connectivity index (χ4v) is 1.52. The number of hydrogen-bond acceptors (Lipinski definition) is 3. The minimum Gasteiger partial charge on any atom is -0.475 e. The van der Waals surface area contributed by atoms with Crippen molar-refractivity contribution in [2.24, 2.45) is 0 Å². The highest BCUT2D eigenvalue weighted by Gasteiger charge is 2.16. The van der Waals surface area contributed by atoms with Crippen molar-refractivity contribution >= 4 is 23.2 Å². The molecule has 1 N–H and O–H groups in total. The second-order valence-corrected chi connectivity index (χ2v) is 3.23. The Morgan fingerprint density at radius 1 is 1.47 bits per heavy atom. The van der Waals surface area contributed by atoms with E-state index in [2.05, 4.69) is 0 Å². The summed E-state index contributed by atoms with van der Waals surface area (Å²) in [4.78, 5) is 21.3. The van der Waals surface area contributed by atoms with Crippen molar-refractivity contribution in [3.63, 3.8) is 0 Å². The Labute approximate surface area is 85.1 Å². The van der Waals surface area contributed by atoms with Crippen molar-refractivity contribution in [2.45, 2.75) is 6.92 Å². The SMILES string of the molecule is Cc1c(C(=O)O)oc2ccc(C=O)cc12. The number of carbonyl (C=O) groups is 2. The normalized spacial score (nSPS) is 10.5. The number of aldehydes is 1. The minimum atomic E-state index is -1.10. The Bertz CT molecular complexity index is 551. The molecule has 0 saturated carbocycles. The van der Waals surface area contributed by atoms with E-state index >= 15 is 0 Å². The number of aryl methyl sites for hydroxylation is 1. The van der Waals surface area contributed by atoms with E-state index in [0.29, 0.717) is 28.4 Å². The first-order chi connectivity index (χ1) is 7.13. The summed E-state index contributed by atoms with van der Waals surface area (Å²) in [5.74, 6) is -1.18. The molecule has 0 saturated heterocycles. The van der Waals surface area contributed by atoms with E-state index in [1.165, 1.54) is 0 Å². The van der Waals surface area contributed by atoms with Gasteiger partial charge in [-0.25, -0.2) is 4.79 Å². The molecule has 0 aliphatic heterocycles. The maximum atomic E-state index is 10.8. The molecule has 0 aliphatic rings. The van der Waals surface area contributed by atoms with Gasteiger partial charge in [0.2, 0.25) is 5.76 Å². The van der Waals surface area contributed by atoms with Crippen LogP contribution in [0.25, 0.3) is 11.0 Å². The quantitative estimate of drug-likeness (QED) is 0.762. The van der Waals surface area contributed by atoms with Crippen molar-refractivity contribution in [3.05, 3.63) is 35.1 Å². The summed E-state index contributed by atoms with van der Waals surface area (Å²) in [5, 5.41) is 9.49. The molecule has 1 aromatic heterocycles. The molecule has 0 atom stereocenters. The van der Waals surface area contributed by atoms with Crippen molar-refractivity contribution in [1.82, 2.24) is 0 Å². The summed E-state index contributed by atoms with van der Waals surface area (Å²) in [6.07, 6.45) is 0.715. The van der Waals surface area contributed by atoms with Crippen LogP contribution in [0.5, 0.6) is 0 Å². The number of carboxylic acid groups (broad SMARTS) is 1. The first-order valence-electron chi connectivity index (χ1n) is 4.35. The van der Waals surface area contributed by atoms with Crippen molar-refractivity contribution in [2.75, 3.05) is 0 Å². The maximum Gasteiger partial charge on any atom is 0.372 e. The van der Waals surface area contributed by atoms with Gasteiger partial charge in [0.15, 0.2) is 0 Å². The van der Waals surface area contributed by atoms with Crippen LogP contribution in [0.3, 0.4) is 0 Å². The third-order valence-corrected chi connectivity index (χ3v) is 2.29. The number of rotatable bonds is 2. The van der Waals surface area contributed by atoms with Crippen molar-refractivity contribution in [3.8, 4) is 0 Å². The number of benzene rings is 1. The van der Waals surface area contributed by atoms with Gasteiger partial charge in [0.05, 0.1) is 0 Å². The average Bonchev–Trinajstić information content (AvgIpc) is 2.56. The lowest BCUT2D eigenvalue weighted by molar-refractivity contribution is 0.0663. The number of aromatic carboxylic acids is 1. The molecular formula is C11H8O4. The van der Waals surface area contributed by atoms with Crippen LogP contribution in [-0.2, 0) is 0 Å². The largest absolute Gasteiger partial charge is 0.475 e. The fourth-order valence-electron chi connectivity index (χ4n) is 1.52. The molecule has 0 bridgehead atoms. The third-order valence-electron chi connectivity index (χ3n) is 2.29. The first kappa shape index (κ1) is 9.45. The fraction of sp³-hybridized carbons (Fsp3) is 0.0909. The van der Waals surface area contributed by atoms with Crippen molar-refractivity contribution in [1.29, 1.82) is 0 Å². The first-order valence-corrected chi connectivity index (χ1v) is 4.35. The van der Waals surface area contributed by atoms with Gasteiger partial charge in [-0.3, -0.25) is 4.79 Å². The Kier molecular flexibility index (Phi) is 2.04. The molecule has 0 fully saturated rings.